The van der Waals surface area contributed by atoms with E-state index >= 15 is 0 Å². The minimum Gasteiger partial charge on any atom is -0.482 e. The van der Waals surface area contributed by atoms with Gasteiger partial charge in [0.25, 0.3) is 0 Å². The molecule has 3 rings (SSSR count). The van der Waals surface area contributed by atoms with Gasteiger partial charge in [0.15, 0.2) is 12.4 Å². The van der Waals surface area contributed by atoms with Crippen LogP contribution >= 0.6 is 11.6 Å². The largest absolute Gasteiger partial charge is 0.482 e. The molecule has 0 aliphatic carbocycles. The van der Waals surface area contributed by atoms with E-state index in [1.54, 1.807) is 26.0 Å². The van der Waals surface area contributed by atoms with Gasteiger partial charge in [0.05, 0.1) is 12.1 Å². The molecule has 0 atom stereocenters. The van der Waals surface area contributed by atoms with Gasteiger partial charge in [0.2, 0.25) is 0 Å². The van der Waals surface area contributed by atoms with E-state index in [-0.39, 0.29) is 12.4 Å². The van der Waals surface area contributed by atoms with Crippen LogP contribution in [0.15, 0.2) is 42.5 Å². The molecule has 2 aromatic carbocycles. The standard InChI is InChI=1S/C21H20ClNO4/c1-4-26-20(25)12-27-17-9-10-19-18(11-17)21(14(3)24)13(2)23(19)16-7-5-15(22)6-8-16/h5-11H,4,12H2,1-3H3. The van der Waals surface area contributed by atoms with E-state index < -0.39 is 5.97 Å². The Bertz CT molecular complexity index is 1010. The maximum Gasteiger partial charge on any atom is 0.344 e. The van der Waals surface area contributed by atoms with Crippen LogP contribution in [0.3, 0.4) is 0 Å². The molecule has 0 amide bonds. The summed E-state index contributed by atoms with van der Waals surface area (Å²) < 4.78 is 12.4. The number of ether oxygens (including phenoxy) is 2. The Labute approximate surface area is 162 Å². The number of benzene rings is 2. The number of ketones is 1. The van der Waals surface area contributed by atoms with E-state index in [0.29, 0.717) is 22.9 Å². The summed E-state index contributed by atoms with van der Waals surface area (Å²) in [6.45, 7) is 5.32. The van der Waals surface area contributed by atoms with Gasteiger partial charge in [-0.2, -0.15) is 0 Å². The number of hydrogen-bond acceptors (Lipinski definition) is 4. The molecule has 0 unspecified atom stereocenters. The number of nitrogens with zero attached hydrogens (tertiary/aromatic N) is 1. The molecule has 0 N–H and O–H groups in total. The zero-order chi connectivity index (χ0) is 19.6. The molecule has 1 heterocycles. The van der Waals surface area contributed by atoms with E-state index in [0.717, 1.165) is 22.3 Å². The van der Waals surface area contributed by atoms with E-state index in [1.807, 2.05) is 41.8 Å². The molecule has 0 spiro atoms. The van der Waals surface area contributed by atoms with Crippen molar-refractivity contribution in [2.24, 2.45) is 0 Å². The van der Waals surface area contributed by atoms with Crippen LogP contribution in [0.2, 0.25) is 5.02 Å². The number of hydrogen-bond donors (Lipinski definition) is 0. The summed E-state index contributed by atoms with van der Waals surface area (Å²) in [5.41, 5.74) is 3.25. The Morgan fingerprint density at radius 3 is 2.44 bits per heavy atom. The normalized spacial score (nSPS) is 10.8. The van der Waals surface area contributed by atoms with Gasteiger partial charge >= 0.3 is 5.97 Å². The number of carbonyl (C=O) groups is 2. The molecular weight excluding hydrogens is 366 g/mol. The minimum atomic E-state index is -0.431. The van der Waals surface area contributed by atoms with Gasteiger partial charge in [-0.1, -0.05) is 11.6 Å². The number of Topliss-reactive ketones (excluding diaryl/α,β-unsaturated/α-hetero) is 1. The van der Waals surface area contributed by atoms with Crippen LogP contribution in [-0.2, 0) is 9.53 Å². The van der Waals surface area contributed by atoms with Crippen molar-refractivity contribution in [3.63, 3.8) is 0 Å². The first-order valence-corrected chi connectivity index (χ1v) is 9.00. The summed E-state index contributed by atoms with van der Waals surface area (Å²) >= 11 is 6.00. The zero-order valence-electron chi connectivity index (χ0n) is 15.4. The van der Waals surface area contributed by atoms with Crippen molar-refractivity contribution < 1.29 is 19.1 Å². The van der Waals surface area contributed by atoms with Crippen molar-refractivity contribution in [3.8, 4) is 11.4 Å². The fourth-order valence-electron chi connectivity index (χ4n) is 3.20. The average Bonchev–Trinajstić information content (AvgIpc) is 2.92. The number of aromatic nitrogens is 1. The van der Waals surface area contributed by atoms with Gasteiger partial charge in [0, 0.05) is 27.4 Å². The van der Waals surface area contributed by atoms with Crippen molar-refractivity contribution in [2.45, 2.75) is 20.8 Å². The summed E-state index contributed by atoms with van der Waals surface area (Å²) in [5.74, 6) is 0.0402. The van der Waals surface area contributed by atoms with Gasteiger partial charge in [-0.15, -0.1) is 0 Å². The fourth-order valence-corrected chi connectivity index (χ4v) is 3.33. The van der Waals surface area contributed by atoms with Gasteiger partial charge in [-0.3, -0.25) is 4.79 Å². The molecule has 5 nitrogen and oxygen atoms in total. The molecule has 0 radical (unpaired) electrons. The van der Waals surface area contributed by atoms with Crippen LogP contribution in [0, 0.1) is 6.92 Å². The first-order valence-electron chi connectivity index (χ1n) is 8.62. The van der Waals surface area contributed by atoms with Crippen LogP contribution in [0.4, 0.5) is 0 Å². The van der Waals surface area contributed by atoms with Gasteiger partial charge < -0.3 is 14.0 Å². The smallest absolute Gasteiger partial charge is 0.344 e. The summed E-state index contributed by atoms with van der Waals surface area (Å²) in [7, 11) is 0. The molecule has 0 aliphatic rings. The average molecular weight is 386 g/mol. The lowest BCUT2D eigenvalue weighted by molar-refractivity contribution is -0.145. The molecule has 6 heteroatoms. The number of esters is 1. The molecule has 1 aromatic heterocycles. The van der Waals surface area contributed by atoms with E-state index in [4.69, 9.17) is 21.1 Å². The van der Waals surface area contributed by atoms with E-state index in [1.165, 1.54) is 0 Å². The molecule has 27 heavy (non-hydrogen) atoms. The number of fused-ring (bicyclic) bond motifs is 1. The Kier molecular flexibility index (Phi) is 5.51. The van der Waals surface area contributed by atoms with Gasteiger partial charge in [-0.25, -0.2) is 4.79 Å². The minimum absolute atomic E-state index is 0.0345. The number of halogens is 1. The Morgan fingerprint density at radius 1 is 1.11 bits per heavy atom. The molecule has 0 saturated carbocycles. The quantitative estimate of drug-likeness (QED) is 0.454. The molecule has 0 aliphatic heterocycles. The Morgan fingerprint density at radius 2 is 1.81 bits per heavy atom. The lowest BCUT2D eigenvalue weighted by atomic mass is 10.1. The van der Waals surface area contributed by atoms with Crippen molar-refractivity contribution >= 4 is 34.3 Å². The van der Waals surface area contributed by atoms with Gasteiger partial charge in [-0.05, 0) is 63.2 Å². The second-order valence-corrected chi connectivity index (χ2v) is 6.54. The Balaban J connectivity index is 2.08. The predicted octanol–water partition coefficient (Wildman–Crippen LogP) is 4.74. The third-order valence-corrected chi connectivity index (χ3v) is 4.53. The number of rotatable bonds is 6. The van der Waals surface area contributed by atoms with E-state index in [2.05, 4.69) is 0 Å². The highest BCUT2D eigenvalue weighted by atomic mass is 35.5. The summed E-state index contributed by atoms with van der Waals surface area (Å²) in [6, 6.07) is 12.9. The third-order valence-electron chi connectivity index (χ3n) is 4.27. The van der Waals surface area contributed by atoms with Crippen LogP contribution in [0.1, 0.15) is 29.9 Å². The molecule has 3 aromatic rings. The lowest BCUT2D eigenvalue weighted by Crippen LogP contribution is -2.14. The van der Waals surface area contributed by atoms with Crippen molar-refractivity contribution in [2.75, 3.05) is 13.2 Å². The molecule has 0 bridgehead atoms. The SMILES string of the molecule is CCOC(=O)COc1ccc2c(c1)c(C(C)=O)c(C)n2-c1ccc(Cl)cc1. The van der Waals surface area contributed by atoms with Crippen LogP contribution in [0.5, 0.6) is 5.75 Å². The molecule has 0 saturated heterocycles. The van der Waals surface area contributed by atoms with Crippen molar-refractivity contribution in [3.05, 3.63) is 58.7 Å². The fraction of sp³-hybridized carbons (Fsp3) is 0.238. The third kappa shape index (κ3) is 3.83. The van der Waals surface area contributed by atoms with Crippen LogP contribution in [0.25, 0.3) is 16.6 Å². The van der Waals surface area contributed by atoms with Crippen LogP contribution < -0.4 is 4.74 Å². The molecular formula is C21H20ClNO4. The monoisotopic (exact) mass is 385 g/mol. The van der Waals surface area contributed by atoms with Crippen LogP contribution in [-0.4, -0.2) is 29.5 Å². The predicted molar refractivity (Wildman–Crippen MR) is 105 cm³/mol. The second kappa shape index (κ2) is 7.84. The van der Waals surface area contributed by atoms with E-state index in [9.17, 15) is 9.59 Å². The first kappa shape index (κ1) is 19.0. The maximum atomic E-state index is 12.3. The molecule has 0 fully saturated rings. The number of carbonyl (C=O) groups excluding carboxylic acids is 2. The summed E-state index contributed by atoms with van der Waals surface area (Å²) in [4.78, 5) is 23.8. The first-order chi connectivity index (χ1) is 12.9. The highest BCUT2D eigenvalue weighted by Crippen LogP contribution is 2.32. The lowest BCUT2D eigenvalue weighted by Gasteiger charge is -2.09. The molecule has 140 valence electrons. The highest BCUT2D eigenvalue weighted by Gasteiger charge is 2.19. The maximum absolute atomic E-state index is 12.3. The second-order valence-electron chi connectivity index (χ2n) is 6.10. The van der Waals surface area contributed by atoms with Crippen molar-refractivity contribution in [1.29, 1.82) is 0 Å². The zero-order valence-corrected chi connectivity index (χ0v) is 16.2. The summed E-state index contributed by atoms with van der Waals surface area (Å²) in [5, 5.41) is 1.42. The van der Waals surface area contributed by atoms with Crippen molar-refractivity contribution in [1.82, 2.24) is 4.57 Å². The Hall–Kier alpha value is -2.79. The highest BCUT2D eigenvalue weighted by molar-refractivity contribution is 6.30. The van der Waals surface area contributed by atoms with Gasteiger partial charge in [0.1, 0.15) is 5.75 Å². The summed E-state index contributed by atoms with van der Waals surface area (Å²) in [6.07, 6.45) is 0. The topological polar surface area (TPSA) is 57.5 Å².